The summed E-state index contributed by atoms with van der Waals surface area (Å²) < 4.78 is 19.4. The zero-order valence-corrected chi connectivity index (χ0v) is 14.4. The van der Waals surface area contributed by atoms with Crippen molar-refractivity contribution in [3.05, 3.63) is 65.5 Å². The van der Waals surface area contributed by atoms with Gasteiger partial charge in [-0.15, -0.1) is 0 Å². The van der Waals surface area contributed by atoms with Crippen LogP contribution in [-0.2, 0) is 0 Å². The summed E-state index contributed by atoms with van der Waals surface area (Å²) in [5.41, 5.74) is 1.57. The molecule has 1 unspecified atom stereocenters. The minimum Gasteiger partial charge on any atom is -0.491 e. The van der Waals surface area contributed by atoms with Crippen molar-refractivity contribution in [1.82, 2.24) is 10.2 Å². The van der Waals surface area contributed by atoms with Gasteiger partial charge in [0.2, 0.25) is 0 Å². The maximum absolute atomic E-state index is 13.5. The number of para-hydroxylation sites is 1. The van der Waals surface area contributed by atoms with Crippen LogP contribution < -0.4 is 10.1 Å². The quantitative estimate of drug-likeness (QED) is 0.820. The number of ether oxygens (including phenoxy) is 1. The highest BCUT2D eigenvalue weighted by Gasteiger charge is 2.24. The van der Waals surface area contributed by atoms with E-state index in [0.717, 1.165) is 31.7 Å². The highest BCUT2D eigenvalue weighted by molar-refractivity contribution is 5.96. The lowest BCUT2D eigenvalue weighted by atomic mass is 10.0. The second kappa shape index (κ2) is 8.23. The zero-order chi connectivity index (χ0) is 17.6. The Balaban J connectivity index is 1.64. The fraction of sp³-hybridized carbons (Fsp3) is 0.350. The van der Waals surface area contributed by atoms with Crippen molar-refractivity contribution in [2.75, 3.05) is 32.8 Å². The van der Waals surface area contributed by atoms with Gasteiger partial charge >= 0.3 is 0 Å². The molecule has 1 fully saturated rings. The normalized spacial score (nSPS) is 18.1. The predicted octanol–water partition coefficient (Wildman–Crippen LogP) is 3.05. The number of halogens is 1. The number of hydrogen-bond donors (Lipinski definition) is 1. The molecular formula is C20H23FN2O2. The third kappa shape index (κ3) is 4.44. The van der Waals surface area contributed by atoms with Crippen molar-refractivity contribution in [3.8, 4) is 5.75 Å². The topological polar surface area (TPSA) is 41.6 Å². The lowest BCUT2D eigenvalue weighted by Crippen LogP contribution is -2.47. The number of rotatable bonds is 6. The summed E-state index contributed by atoms with van der Waals surface area (Å²) in [6.45, 7) is 5.30. The Bertz CT molecular complexity index is 735. The molecule has 0 bridgehead atoms. The van der Waals surface area contributed by atoms with E-state index in [1.54, 1.807) is 25.1 Å². The molecule has 0 amide bonds. The summed E-state index contributed by atoms with van der Waals surface area (Å²) in [5, 5.41) is 3.37. The number of nitrogens with zero attached hydrogens (tertiary/aromatic N) is 1. The van der Waals surface area contributed by atoms with Crippen LogP contribution in [0.15, 0.2) is 48.5 Å². The number of Topliss-reactive ketones (excluding diaryl/α,β-unsaturated/α-hetero) is 1. The van der Waals surface area contributed by atoms with Gasteiger partial charge in [-0.3, -0.25) is 9.69 Å². The molecule has 2 aromatic carbocycles. The predicted molar refractivity (Wildman–Crippen MR) is 95.5 cm³/mol. The van der Waals surface area contributed by atoms with Gasteiger partial charge in [0, 0.05) is 32.2 Å². The van der Waals surface area contributed by atoms with Crippen molar-refractivity contribution in [2.45, 2.75) is 13.0 Å². The summed E-state index contributed by atoms with van der Waals surface area (Å²) in [6.07, 6.45) is 0. The number of benzene rings is 2. The van der Waals surface area contributed by atoms with Gasteiger partial charge < -0.3 is 10.1 Å². The molecule has 5 heteroatoms. The average Bonchev–Trinajstić information content (AvgIpc) is 2.62. The van der Waals surface area contributed by atoms with Gasteiger partial charge in [-0.2, -0.15) is 0 Å². The number of hydrogen-bond acceptors (Lipinski definition) is 4. The molecule has 132 valence electrons. The van der Waals surface area contributed by atoms with Crippen LogP contribution in [-0.4, -0.2) is 43.5 Å². The number of carbonyl (C=O) groups is 1. The van der Waals surface area contributed by atoms with E-state index in [9.17, 15) is 9.18 Å². The van der Waals surface area contributed by atoms with Crippen molar-refractivity contribution in [2.24, 2.45) is 0 Å². The SMILES string of the molecule is CC(=O)c1ccccc1OCCN1CCNCC1c1cccc(F)c1. The molecule has 1 N–H and O–H groups in total. The van der Waals surface area contributed by atoms with Crippen molar-refractivity contribution in [1.29, 1.82) is 0 Å². The van der Waals surface area contributed by atoms with Crippen LogP contribution >= 0.6 is 0 Å². The first-order valence-corrected chi connectivity index (χ1v) is 8.58. The molecule has 2 aromatic rings. The monoisotopic (exact) mass is 342 g/mol. The molecule has 0 aliphatic carbocycles. The van der Waals surface area contributed by atoms with Gasteiger partial charge in [0.05, 0.1) is 5.56 Å². The van der Waals surface area contributed by atoms with E-state index in [2.05, 4.69) is 10.2 Å². The number of carbonyl (C=O) groups excluding carboxylic acids is 1. The van der Waals surface area contributed by atoms with Gasteiger partial charge in [-0.1, -0.05) is 24.3 Å². The minimum atomic E-state index is -0.213. The number of nitrogens with one attached hydrogen (secondary N) is 1. The van der Waals surface area contributed by atoms with E-state index in [-0.39, 0.29) is 17.6 Å². The summed E-state index contributed by atoms with van der Waals surface area (Å²) in [6, 6.07) is 14.2. The summed E-state index contributed by atoms with van der Waals surface area (Å²) in [5.74, 6) is 0.400. The van der Waals surface area contributed by atoms with Crippen LogP contribution in [0.1, 0.15) is 28.9 Å². The Morgan fingerprint density at radius 2 is 2.12 bits per heavy atom. The summed E-state index contributed by atoms with van der Waals surface area (Å²) >= 11 is 0. The molecular weight excluding hydrogens is 319 g/mol. The fourth-order valence-corrected chi connectivity index (χ4v) is 3.21. The molecule has 1 heterocycles. The Hall–Kier alpha value is -2.24. The van der Waals surface area contributed by atoms with Gasteiger partial charge in [0.15, 0.2) is 5.78 Å². The molecule has 25 heavy (non-hydrogen) atoms. The first-order chi connectivity index (χ1) is 12.1. The first-order valence-electron chi connectivity index (χ1n) is 8.58. The molecule has 0 radical (unpaired) electrons. The highest BCUT2D eigenvalue weighted by atomic mass is 19.1. The number of piperazine rings is 1. The summed E-state index contributed by atoms with van der Waals surface area (Å²) in [7, 11) is 0. The van der Waals surface area contributed by atoms with Crippen molar-refractivity contribution in [3.63, 3.8) is 0 Å². The maximum atomic E-state index is 13.5. The van der Waals surface area contributed by atoms with Gasteiger partial charge in [-0.05, 0) is 36.8 Å². The van der Waals surface area contributed by atoms with Crippen molar-refractivity contribution >= 4 is 5.78 Å². The zero-order valence-electron chi connectivity index (χ0n) is 14.4. The molecule has 0 spiro atoms. The largest absolute Gasteiger partial charge is 0.491 e. The molecule has 0 aromatic heterocycles. The molecule has 0 saturated carbocycles. The third-order valence-corrected chi connectivity index (χ3v) is 4.49. The Morgan fingerprint density at radius 3 is 2.92 bits per heavy atom. The van der Waals surface area contributed by atoms with E-state index in [1.165, 1.54) is 6.07 Å². The van der Waals surface area contributed by atoms with E-state index in [4.69, 9.17) is 4.74 Å². The Morgan fingerprint density at radius 1 is 1.28 bits per heavy atom. The van der Waals surface area contributed by atoms with E-state index < -0.39 is 0 Å². The average molecular weight is 342 g/mol. The molecule has 1 saturated heterocycles. The maximum Gasteiger partial charge on any atom is 0.163 e. The smallest absolute Gasteiger partial charge is 0.163 e. The van der Waals surface area contributed by atoms with Gasteiger partial charge in [0.25, 0.3) is 0 Å². The lowest BCUT2D eigenvalue weighted by Gasteiger charge is -2.36. The van der Waals surface area contributed by atoms with E-state index >= 15 is 0 Å². The van der Waals surface area contributed by atoms with Crippen molar-refractivity contribution < 1.29 is 13.9 Å². The molecule has 4 nitrogen and oxygen atoms in total. The van der Waals surface area contributed by atoms with Crippen LogP contribution in [0, 0.1) is 5.82 Å². The Kier molecular flexibility index (Phi) is 5.79. The van der Waals surface area contributed by atoms with Crippen LogP contribution in [0.25, 0.3) is 0 Å². The second-order valence-electron chi connectivity index (χ2n) is 6.21. The van der Waals surface area contributed by atoms with Crippen LogP contribution in [0.4, 0.5) is 4.39 Å². The highest BCUT2D eigenvalue weighted by Crippen LogP contribution is 2.23. The second-order valence-corrected chi connectivity index (χ2v) is 6.21. The molecule has 1 atom stereocenters. The van der Waals surface area contributed by atoms with Crippen LogP contribution in [0.5, 0.6) is 5.75 Å². The fourth-order valence-electron chi connectivity index (χ4n) is 3.21. The molecule has 3 rings (SSSR count). The van der Waals surface area contributed by atoms with Crippen LogP contribution in [0.2, 0.25) is 0 Å². The van der Waals surface area contributed by atoms with Gasteiger partial charge in [0.1, 0.15) is 18.2 Å². The van der Waals surface area contributed by atoms with Crippen LogP contribution in [0.3, 0.4) is 0 Å². The van der Waals surface area contributed by atoms with E-state index in [1.807, 2.05) is 24.3 Å². The number of ketones is 1. The third-order valence-electron chi connectivity index (χ3n) is 4.49. The minimum absolute atomic E-state index is 0.00425. The van der Waals surface area contributed by atoms with Gasteiger partial charge in [-0.25, -0.2) is 4.39 Å². The lowest BCUT2D eigenvalue weighted by molar-refractivity contribution is 0.101. The molecule has 1 aliphatic heterocycles. The van der Waals surface area contributed by atoms with E-state index in [0.29, 0.717) is 17.9 Å². The summed E-state index contributed by atoms with van der Waals surface area (Å²) in [4.78, 5) is 14.0. The Labute approximate surface area is 147 Å². The standard InChI is InChI=1S/C20H23FN2O2/c1-15(24)18-7-2-3-8-20(18)25-12-11-23-10-9-22-14-19(23)16-5-4-6-17(21)13-16/h2-8,13,19,22H,9-12,14H2,1H3. The first kappa shape index (κ1) is 17.6. The molecule has 1 aliphatic rings.